The number of hydrogen-bond donors (Lipinski definition) is 2. The molecule has 8 heteroatoms. The third-order valence-corrected chi connectivity index (χ3v) is 5.24. The molecular formula is C21H15NO7. The lowest BCUT2D eigenvalue weighted by Gasteiger charge is -2.26. The summed E-state index contributed by atoms with van der Waals surface area (Å²) in [4.78, 5) is 39.6. The highest BCUT2D eigenvalue weighted by molar-refractivity contribution is 5.98. The minimum atomic E-state index is -0.760. The summed E-state index contributed by atoms with van der Waals surface area (Å²) in [6, 6.07) is 7.94. The van der Waals surface area contributed by atoms with Gasteiger partial charge in [0, 0.05) is 28.5 Å². The van der Waals surface area contributed by atoms with Crippen LogP contribution in [0, 0.1) is 0 Å². The molecule has 0 saturated heterocycles. The Kier molecular flexibility index (Phi) is 3.64. The fourth-order valence-electron chi connectivity index (χ4n) is 3.87. The largest absolute Gasteiger partial charge is 0.507 e. The van der Waals surface area contributed by atoms with Crippen molar-refractivity contribution in [1.82, 2.24) is 4.98 Å². The van der Waals surface area contributed by atoms with E-state index in [0.717, 1.165) is 0 Å². The van der Waals surface area contributed by atoms with Gasteiger partial charge in [-0.2, -0.15) is 0 Å². The molecule has 0 saturated carbocycles. The molecule has 0 spiro atoms. The van der Waals surface area contributed by atoms with Crippen molar-refractivity contribution in [2.75, 3.05) is 6.79 Å². The van der Waals surface area contributed by atoms with Gasteiger partial charge in [-0.3, -0.25) is 14.4 Å². The lowest BCUT2D eigenvalue weighted by atomic mass is 9.84. The molecule has 2 aromatic carbocycles. The van der Waals surface area contributed by atoms with Crippen LogP contribution in [0.2, 0.25) is 0 Å². The summed E-state index contributed by atoms with van der Waals surface area (Å²) >= 11 is 0. The first-order chi connectivity index (χ1) is 13.9. The number of carbonyl (C=O) groups is 2. The average Bonchev–Trinajstić information content (AvgIpc) is 3.12. The van der Waals surface area contributed by atoms with Crippen molar-refractivity contribution in [3.05, 3.63) is 57.4 Å². The predicted octanol–water partition coefficient (Wildman–Crippen LogP) is 2.61. The number of H-pyrrole nitrogens is 1. The maximum Gasteiger partial charge on any atom is 0.312 e. The van der Waals surface area contributed by atoms with Crippen LogP contribution in [-0.4, -0.2) is 28.6 Å². The average molecular weight is 393 g/mol. The number of ketones is 1. The maximum atomic E-state index is 12.9. The van der Waals surface area contributed by atoms with Crippen LogP contribution in [0.3, 0.4) is 0 Å². The number of pyridine rings is 1. The van der Waals surface area contributed by atoms with E-state index in [9.17, 15) is 19.5 Å². The van der Waals surface area contributed by atoms with Gasteiger partial charge >= 0.3 is 5.97 Å². The summed E-state index contributed by atoms with van der Waals surface area (Å²) in [5, 5.41) is 11.4. The van der Waals surface area contributed by atoms with Gasteiger partial charge < -0.3 is 24.3 Å². The van der Waals surface area contributed by atoms with Gasteiger partial charge in [-0.05, 0) is 31.2 Å². The number of hydrogen-bond acceptors (Lipinski definition) is 7. The van der Waals surface area contributed by atoms with Crippen LogP contribution in [0.15, 0.2) is 35.1 Å². The van der Waals surface area contributed by atoms with Crippen LogP contribution >= 0.6 is 0 Å². The number of fused-ring (bicyclic) bond motifs is 3. The minimum Gasteiger partial charge on any atom is -0.507 e. The molecule has 0 fully saturated rings. The third-order valence-electron chi connectivity index (χ3n) is 5.24. The van der Waals surface area contributed by atoms with Crippen LogP contribution in [0.25, 0.3) is 10.9 Å². The number of benzene rings is 2. The van der Waals surface area contributed by atoms with Crippen molar-refractivity contribution >= 4 is 22.7 Å². The van der Waals surface area contributed by atoms with Crippen molar-refractivity contribution in [3.8, 4) is 23.0 Å². The Balaban J connectivity index is 1.73. The first-order valence-electron chi connectivity index (χ1n) is 8.96. The number of ether oxygens (including phenoxy) is 3. The standard InChI is InChI=1S/C21H15NO7/c1-9(23)11-2-3-15-19(20(11)25)12(6-18(24)29-15)13-4-10-5-16-17(28-8-27-16)7-14(10)22-21(13)26/h2-5,7,12,25H,6,8H2,1H3,(H,22,26)/t12-/m0/s1. The number of rotatable bonds is 2. The van der Waals surface area contributed by atoms with E-state index in [4.69, 9.17) is 14.2 Å². The Morgan fingerprint density at radius 3 is 2.62 bits per heavy atom. The topological polar surface area (TPSA) is 115 Å². The van der Waals surface area contributed by atoms with Gasteiger partial charge in [0.25, 0.3) is 5.56 Å². The zero-order valence-corrected chi connectivity index (χ0v) is 15.3. The molecule has 3 aromatic rings. The summed E-state index contributed by atoms with van der Waals surface area (Å²) in [6.07, 6.45) is -0.138. The van der Waals surface area contributed by atoms with Gasteiger partial charge in [0.1, 0.15) is 11.5 Å². The van der Waals surface area contributed by atoms with Crippen molar-refractivity contribution in [2.24, 2.45) is 0 Å². The van der Waals surface area contributed by atoms with Gasteiger partial charge in [-0.25, -0.2) is 0 Å². The molecule has 29 heavy (non-hydrogen) atoms. The highest BCUT2D eigenvalue weighted by atomic mass is 16.7. The number of phenols is 1. The zero-order valence-electron chi connectivity index (χ0n) is 15.3. The lowest BCUT2D eigenvalue weighted by Crippen LogP contribution is -2.26. The van der Waals surface area contributed by atoms with Gasteiger partial charge in [0.2, 0.25) is 6.79 Å². The van der Waals surface area contributed by atoms with Gasteiger partial charge in [-0.1, -0.05) is 0 Å². The molecule has 0 aliphatic carbocycles. The first kappa shape index (κ1) is 17.3. The molecule has 0 radical (unpaired) electrons. The summed E-state index contributed by atoms with van der Waals surface area (Å²) < 4.78 is 16.0. The highest BCUT2D eigenvalue weighted by Gasteiger charge is 2.34. The Bertz CT molecular complexity index is 1270. The van der Waals surface area contributed by atoms with Crippen molar-refractivity contribution in [3.63, 3.8) is 0 Å². The number of aromatic hydroxyl groups is 1. The molecule has 2 N–H and O–H groups in total. The minimum absolute atomic E-state index is 0.103. The van der Waals surface area contributed by atoms with E-state index < -0.39 is 17.4 Å². The lowest BCUT2D eigenvalue weighted by molar-refractivity contribution is -0.135. The number of aromatic nitrogens is 1. The molecule has 1 atom stereocenters. The summed E-state index contributed by atoms with van der Waals surface area (Å²) in [7, 11) is 0. The number of phenolic OH excluding ortho intramolecular Hbond substituents is 1. The van der Waals surface area contributed by atoms with E-state index >= 15 is 0 Å². The zero-order chi connectivity index (χ0) is 20.3. The molecule has 0 bridgehead atoms. The van der Waals surface area contributed by atoms with E-state index in [2.05, 4.69) is 4.98 Å². The molecule has 146 valence electrons. The monoisotopic (exact) mass is 393 g/mol. The number of aromatic amines is 1. The van der Waals surface area contributed by atoms with Crippen LogP contribution in [0.1, 0.15) is 40.7 Å². The molecule has 0 unspecified atom stereocenters. The van der Waals surface area contributed by atoms with Gasteiger partial charge in [-0.15, -0.1) is 0 Å². The quantitative estimate of drug-likeness (QED) is 0.391. The number of esters is 1. The Hall–Kier alpha value is -3.81. The second-order valence-electron chi connectivity index (χ2n) is 7.01. The smallest absolute Gasteiger partial charge is 0.312 e. The molecule has 1 aromatic heterocycles. The molecule has 2 aliphatic rings. The molecule has 5 rings (SSSR count). The van der Waals surface area contributed by atoms with Crippen molar-refractivity contribution < 1.29 is 28.9 Å². The second-order valence-corrected chi connectivity index (χ2v) is 7.01. The van der Waals surface area contributed by atoms with E-state index in [-0.39, 0.29) is 47.2 Å². The molecule has 2 aliphatic heterocycles. The van der Waals surface area contributed by atoms with Crippen LogP contribution in [0.4, 0.5) is 0 Å². The molecule has 3 heterocycles. The van der Waals surface area contributed by atoms with E-state index in [1.54, 1.807) is 18.2 Å². The van der Waals surface area contributed by atoms with Crippen LogP contribution < -0.4 is 19.8 Å². The number of Topliss-reactive ketones (excluding diaryl/α,β-unsaturated/α-hetero) is 1. The van der Waals surface area contributed by atoms with E-state index in [1.165, 1.54) is 19.1 Å². The summed E-state index contributed by atoms with van der Waals surface area (Å²) in [5.74, 6) is -0.665. The second kappa shape index (κ2) is 6.10. The number of carbonyl (C=O) groups excluding carboxylic acids is 2. The van der Waals surface area contributed by atoms with E-state index in [1.807, 2.05) is 0 Å². The third kappa shape index (κ3) is 2.64. The fourth-order valence-corrected chi connectivity index (χ4v) is 3.87. The normalized spacial score (nSPS) is 17.1. The molecule has 8 nitrogen and oxygen atoms in total. The fraction of sp³-hybridized carbons (Fsp3) is 0.190. The van der Waals surface area contributed by atoms with E-state index in [0.29, 0.717) is 22.4 Å². The van der Waals surface area contributed by atoms with Gasteiger partial charge in [0.15, 0.2) is 17.3 Å². The van der Waals surface area contributed by atoms with Crippen LogP contribution in [-0.2, 0) is 4.79 Å². The molecular weight excluding hydrogens is 378 g/mol. The summed E-state index contributed by atoms with van der Waals surface area (Å²) in [6.45, 7) is 1.43. The summed E-state index contributed by atoms with van der Waals surface area (Å²) in [5.41, 5.74) is 0.790. The maximum absolute atomic E-state index is 12.9. The SMILES string of the molecule is CC(=O)c1ccc2c(c1O)[C@H](c1cc3cc4c(cc3[nH]c1=O)OCO4)CC(=O)O2. The predicted molar refractivity (Wildman–Crippen MR) is 101 cm³/mol. The highest BCUT2D eigenvalue weighted by Crippen LogP contribution is 2.45. The number of nitrogens with one attached hydrogen (secondary N) is 1. The van der Waals surface area contributed by atoms with Crippen molar-refractivity contribution in [2.45, 2.75) is 19.3 Å². The Labute approximate surface area is 163 Å². The first-order valence-corrected chi connectivity index (χ1v) is 8.96. The molecule has 0 amide bonds. The van der Waals surface area contributed by atoms with Gasteiger partial charge in [0.05, 0.1) is 17.5 Å². The Morgan fingerprint density at radius 2 is 1.86 bits per heavy atom. The Morgan fingerprint density at radius 1 is 1.10 bits per heavy atom. The van der Waals surface area contributed by atoms with Crippen LogP contribution in [0.5, 0.6) is 23.0 Å². The van der Waals surface area contributed by atoms with Crippen molar-refractivity contribution in [1.29, 1.82) is 0 Å².